The van der Waals surface area contributed by atoms with Crippen molar-refractivity contribution in [1.82, 2.24) is 0 Å². The minimum absolute atomic E-state index is 0.139. The Labute approximate surface area is 436 Å². The average molecular weight is 980 g/mol. The lowest BCUT2D eigenvalue weighted by atomic mass is 10.1. The maximum Gasteiger partial charge on any atom is 0.306 e. The zero-order valence-electron chi connectivity index (χ0n) is 45.4. The lowest BCUT2D eigenvalue weighted by molar-refractivity contribution is -0.166. The Morgan fingerprint density at radius 3 is 0.873 bits per heavy atom. The van der Waals surface area contributed by atoms with Gasteiger partial charge in [0.15, 0.2) is 6.10 Å². The summed E-state index contributed by atoms with van der Waals surface area (Å²) in [5.41, 5.74) is 0. The summed E-state index contributed by atoms with van der Waals surface area (Å²) in [6.07, 6.45) is 82.7. The van der Waals surface area contributed by atoms with Crippen LogP contribution in [0, 0.1) is 0 Å². The lowest BCUT2D eigenvalue weighted by Crippen LogP contribution is -2.30. The van der Waals surface area contributed by atoms with E-state index in [-0.39, 0.29) is 44.0 Å². The number of esters is 3. The molecule has 6 nitrogen and oxygen atoms in total. The van der Waals surface area contributed by atoms with Crippen molar-refractivity contribution in [2.45, 2.75) is 232 Å². The fourth-order valence-corrected chi connectivity index (χ4v) is 7.00. The van der Waals surface area contributed by atoms with Gasteiger partial charge in [-0.3, -0.25) is 14.4 Å². The van der Waals surface area contributed by atoms with E-state index in [0.29, 0.717) is 19.3 Å². The van der Waals surface area contributed by atoms with E-state index in [1.807, 2.05) is 12.2 Å². The lowest BCUT2D eigenvalue weighted by Gasteiger charge is -2.18. The van der Waals surface area contributed by atoms with Gasteiger partial charge in [-0.25, -0.2) is 0 Å². The summed E-state index contributed by atoms with van der Waals surface area (Å²) in [6.45, 7) is 6.41. The molecule has 0 radical (unpaired) electrons. The number of carbonyl (C=O) groups excluding carboxylic acids is 3. The van der Waals surface area contributed by atoms with Crippen molar-refractivity contribution in [3.8, 4) is 0 Å². The van der Waals surface area contributed by atoms with Crippen LogP contribution in [0.15, 0.2) is 146 Å². The fourth-order valence-electron chi connectivity index (χ4n) is 7.00. The molecule has 0 saturated carbocycles. The first-order valence-electron chi connectivity index (χ1n) is 28.3. The number of unbranched alkanes of at least 4 members (excludes halogenated alkanes) is 14. The van der Waals surface area contributed by atoms with E-state index < -0.39 is 6.10 Å². The topological polar surface area (TPSA) is 78.9 Å². The smallest absolute Gasteiger partial charge is 0.306 e. The molecule has 0 saturated heterocycles. The van der Waals surface area contributed by atoms with Crippen LogP contribution in [0.5, 0.6) is 0 Å². The minimum Gasteiger partial charge on any atom is -0.462 e. The molecule has 0 amide bonds. The van der Waals surface area contributed by atoms with Gasteiger partial charge in [-0.05, 0) is 141 Å². The summed E-state index contributed by atoms with van der Waals surface area (Å²) in [6, 6.07) is 0. The summed E-state index contributed by atoms with van der Waals surface area (Å²) in [4.78, 5) is 38.1. The van der Waals surface area contributed by atoms with Crippen molar-refractivity contribution in [1.29, 1.82) is 0 Å². The summed E-state index contributed by atoms with van der Waals surface area (Å²) >= 11 is 0. The number of rotatable bonds is 49. The third kappa shape index (κ3) is 56.1. The number of hydrogen-bond acceptors (Lipinski definition) is 6. The van der Waals surface area contributed by atoms with Crippen LogP contribution in [0.4, 0.5) is 0 Å². The number of ether oxygens (including phenoxy) is 3. The van der Waals surface area contributed by atoms with Crippen LogP contribution in [-0.4, -0.2) is 37.2 Å². The maximum atomic E-state index is 12.8. The second kappa shape index (κ2) is 57.9. The van der Waals surface area contributed by atoms with Crippen molar-refractivity contribution in [3.63, 3.8) is 0 Å². The molecule has 0 unspecified atom stereocenters. The quantitative estimate of drug-likeness (QED) is 0.0262. The average Bonchev–Trinajstić information content (AvgIpc) is 3.37. The van der Waals surface area contributed by atoms with Crippen LogP contribution in [0.2, 0.25) is 0 Å². The Morgan fingerprint density at radius 2 is 0.535 bits per heavy atom. The molecule has 1 atom stereocenters. The molecule has 6 heteroatoms. The number of hydrogen-bond donors (Lipinski definition) is 0. The second-order valence-electron chi connectivity index (χ2n) is 18.1. The van der Waals surface area contributed by atoms with E-state index in [2.05, 4.69) is 154 Å². The SMILES string of the molecule is CCCCC/C=C\C/C=C\C/C=C\C/C=C\C/C=C\CCC(=O)OC[C@H](COC(=O)CCCCC/C=C\C/C=C\C/C=C\C/C=C\CCCCC)OC(=O)CCCC/C=C\C/C=C\C/C=C\CCCCC. The summed E-state index contributed by atoms with van der Waals surface area (Å²) in [7, 11) is 0. The van der Waals surface area contributed by atoms with Gasteiger partial charge in [0, 0.05) is 19.3 Å². The van der Waals surface area contributed by atoms with Crippen LogP contribution in [0.1, 0.15) is 226 Å². The molecule has 0 aliphatic heterocycles. The Hall–Kier alpha value is -4.71. The van der Waals surface area contributed by atoms with E-state index in [1.165, 1.54) is 77.0 Å². The highest BCUT2D eigenvalue weighted by molar-refractivity contribution is 5.71. The Bertz CT molecular complexity index is 1590. The van der Waals surface area contributed by atoms with Crippen LogP contribution in [0.25, 0.3) is 0 Å². The van der Waals surface area contributed by atoms with Gasteiger partial charge in [-0.1, -0.05) is 212 Å². The third-order valence-electron chi connectivity index (χ3n) is 11.3. The standard InChI is InChI=1S/C65H102O6/c1-4-7-10-13-16-19-22-25-28-30-32-34-37-39-42-45-48-51-54-57-63(66)69-60-62(71-65(68)59-56-53-50-47-44-41-36-27-24-21-18-15-12-9-6-3)61-70-64(67)58-55-52-49-46-43-40-38-35-33-31-29-26-23-20-17-14-11-8-5-2/h16-21,25-29,32-36,39-40,42-44,47-48,51,62H,4-15,22-24,30-31,37-38,41,45-46,49-50,52-61H2,1-3H3/b19-16-,20-17-,21-18-,28-25-,29-26-,34-32-,35-33-,36-27-,42-39-,43-40-,47-44-,51-48-/t62-/m1/s1. The van der Waals surface area contributed by atoms with Crippen molar-refractivity contribution in [3.05, 3.63) is 146 Å². The van der Waals surface area contributed by atoms with Gasteiger partial charge in [-0.15, -0.1) is 0 Å². The number of allylic oxidation sites excluding steroid dienone is 24. The highest BCUT2D eigenvalue weighted by atomic mass is 16.6. The van der Waals surface area contributed by atoms with Gasteiger partial charge in [-0.2, -0.15) is 0 Å². The van der Waals surface area contributed by atoms with E-state index in [1.54, 1.807) is 0 Å². The van der Waals surface area contributed by atoms with Crippen molar-refractivity contribution >= 4 is 17.9 Å². The minimum atomic E-state index is -0.848. The monoisotopic (exact) mass is 979 g/mol. The molecule has 0 spiro atoms. The largest absolute Gasteiger partial charge is 0.462 e. The van der Waals surface area contributed by atoms with Gasteiger partial charge in [0.1, 0.15) is 13.2 Å². The van der Waals surface area contributed by atoms with E-state index in [4.69, 9.17) is 14.2 Å². The molecule has 71 heavy (non-hydrogen) atoms. The first-order chi connectivity index (χ1) is 35.0. The third-order valence-corrected chi connectivity index (χ3v) is 11.3. The maximum absolute atomic E-state index is 12.8. The predicted molar refractivity (Wildman–Crippen MR) is 306 cm³/mol. The molecular weight excluding hydrogens is 877 g/mol. The Morgan fingerprint density at radius 1 is 0.282 bits per heavy atom. The summed E-state index contributed by atoms with van der Waals surface area (Å²) in [5, 5.41) is 0. The summed E-state index contributed by atoms with van der Waals surface area (Å²) in [5.74, 6) is -1.10. The fraction of sp³-hybridized carbons (Fsp3) is 0.585. The van der Waals surface area contributed by atoms with Gasteiger partial charge < -0.3 is 14.2 Å². The molecule has 0 aliphatic carbocycles. The normalized spacial score (nSPS) is 13.2. The van der Waals surface area contributed by atoms with Gasteiger partial charge in [0.05, 0.1) is 0 Å². The van der Waals surface area contributed by atoms with Gasteiger partial charge in [0.25, 0.3) is 0 Å². The van der Waals surface area contributed by atoms with E-state index >= 15 is 0 Å². The van der Waals surface area contributed by atoms with Crippen LogP contribution >= 0.6 is 0 Å². The summed E-state index contributed by atoms with van der Waals surface area (Å²) < 4.78 is 16.7. The molecule has 398 valence electrons. The second-order valence-corrected chi connectivity index (χ2v) is 18.1. The molecule has 0 aliphatic rings. The van der Waals surface area contributed by atoms with Crippen LogP contribution in [-0.2, 0) is 28.6 Å². The Balaban J connectivity index is 4.63. The zero-order valence-corrected chi connectivity index (χ0v) is 45.4. The Kier molecular flexibility index (Phi) is 54.0. The highest BCUT2D eigenvalue weighted by Crippen LogP contribution is 2.10. The van der Waals surface area contributed by atoms with Gasteiger partial charge >= 0.3 is 17.9 Å². The molecule has 0 fully saturated rings. The van der Waals surface area contributed by atoms with Crippen molar-refractivity contribution < 1.29 is 28.6 Å². The first-order valence-corrected chi connectivity index (χ1v) is 28.3. The number of carbonyl (C=O) groups is 3. The molecule has 0 rings (SSSR count). The van der Waals surface area contributed by atoms with E-state index in [9.17, 15) is 14.4 Å². The predicted octanol–water partition coefficient (Wildman–Crippen LogP) is 19.2. The zero-order chi connectivity index (χ0) is 51.4. The first kappa shape index (κ1) is 66.3. The molecule has 0 aromatic heterocycles. The molecule has 0 aromatic carbocycles. The van der Waals surface area contributed by atoms with Crippen LogP contribution in [0.3, 0.4) is 0 Å². The molecule has 0 aromatic rings. The van der Waals surface area contributed by atoms with Crippen LogP contribution < -0.4 is 0 Å². The van der Waals surface area contributed by atoms with Gasteiger partial charge in [0.2, 0.25) is 0 Å². The molecule has 0 N–H and O–H groups in total. The molecular formula is C65H102O6. The highest BCUT2D eigenvalue weighted by Gasteiger charge is 2.19. The van der Waals surface area contributed by atoms with E-state index in [0.717, 1.165) is 96.3 Å². The molecule has 0 heterocycles. The molecule has 0 bridgehead atoms. The van der Waals surface area contributed by atoms with Crippen molar-refractivity contribution in [2.75, 3.05) is 13.2 Å². The van der Waals surface area contributed by atoms with Crippen molar-refractivity contribution in [2.24, 2.45) is 0 Å².